The lowest BCUT2D eigenvalue weighted by Gasteiger charge is -2.37. The van der Waals surface area contributed by atoms with Crippen LogP contribution in [0.3, 0.4) is 0 Å². The fourth-order valence-corrected chi connectivity index (χ4v) is 3.42. The van der Waals surface area contributed by atoms with Crippen LogP contribution in [0.1, 0.15) is 50.2 Å². The SMILES string of the molecule is CCC1CCCC(Cc2ccc(CO)cc2)(C(=O)O)C1. The predicted molar refractivity (Wildman–Crippen MR) is 78.4 cm³/mol. The summed E-state index contributed by atoms with van der Waals surface area (Å²) in [7, 11) is 0. The van der Waals surface area contributed by atoms with Crippen molar-refractivity contribution in [1.82, 2.24) is 0 Å². The molecule has 2 rings (SSSR count). The first-order valence-corrected chi connectivity index (χ1v) is 7.51. The summed E-state index contributed by atoms with van der Waals surface area (Å²) in [6.07, 6.45) is 5.42. The van der Waals surface area contributed by atoms with Gasteiger partial charge in [-0.1, -0.05) is 50.5 Å². The molecule has 0 aromatic heterocycles. The maximum absolute atomic E-state index is 11.8. The van der Waals surface area contributed by atoms with Crippen molar-refractivity contribution in [3.8, 4) is 0 Å². The minimum absolute atomic E-state index is 0.0300. The number of benzene rings is 1. The molecule has 110 valence electrons. The first kappa shape index (κ1) is 15.0. The molecule has 0 aliphatic heterocycles. The van der Waals surface area contributed by atoms with Gasteiger partial charge in [-0.25, -0.2) is 0 Å². The monoisotopic (exact) mass is 276 g/mol. The van der Waals surface area contributed by atoms with E-state index in [2.05, 4.69) is 6.92 Å². The van der Waals surface area contributed by atoms with E-state index in [4.69, 9.17) is 5.11 Å². The van der Waals surface area contributed by atoms with Crippen molar-refractivity contribution in [2.24, 2.45) is 11.3 Å². The highest BCUT2D eigenvalue weighted by atomic mass is 16.4. The lowest BCUT2D eigenvalue weighted by atomic mass is 9.66. The Morgan fingerprint density at radius 2 is 1.95 bits per heavy atom. The van der Waals surface area contributed by atoms with Gasteiger partial charge in [0.2, 0.25) is 0 Å². The summed E-state index contributed by atoms with van der Waals surface area (Å²) in [6, 6.07) is 7.66. The molecule has 3 heteroatoms. The first-order valence-electron chi connectivity index (χ1n) is 7.51. The van der Waals surface area contributed by atoms with Gasteiger partial charge in [0.25, 0.3) is 0 Å². The highest BCUT2D eigenvalue weighted by Gasteiger charge is 2.42. The Kier molecular flexibility index (Phi) is 4.81. The number of hydrogen-bond donors (Lipinski definition) is 2. The fraction of sp³-hybridized carbons (Fsp3) is 0.588. The van der Waals surface area contributed by atoms with E-state index in [0.717, 1.165) is 43.2 Å². The molecule has 0 amide bonds. The van der Waals surface area contributed by atoms with Crippen molar-refractivity contribution in [1.29, 1.82) is 0 Å². The molecule has 2 N–H and O–H groups in total. The van der Waals surface area contributed by atoms with Crippen molar-refractivity contribution in [2.75, 3.05) is 0 Å². The average molecular weight is 276 g/mol. The van der Waals surface area contributed by atoms with Crippen molar-refractivity contribution in [2.45, 2.75) is 52.1 Å². The summed E-state index contributed by atoms with van der Waals surface area (Å²) in [6.45, 7) is 2.18. The number of carbonyl (C=O) groups is 1. The molecule has 20 heavy (non-hydrogen) atoms. The highest BCUT2D eigenvalue weighted by Crippen LogP contribution is 2.43. The normalized spacial score (nSPS) is 26.4. The molecule has 1 aliphatic rings. The second kappa shape index (κ2) is 6.40. The van der Waals surface area contributed by atoms with E-state index in [1.807, 2.05) is 24.3 Å². The lowest BCUT2D eigenvalue weighted by Crippen LogP contribution is -2.38. The largest absolute Gasteiger partial charge is 0.481 e. The molecule has 1 saturated carbocycles. The van der Waals surface area contributed by atoms with E-state index in [9.17, 15) is 9.90 Å². The van der Waals surface area contributed by atoms with Crippen LogP contribution < -0.4 is 0 Å². The van der Waals surface area contributed by atoms with Gasteiger partial charge in [0.15, 0.2) is 0 Å². The maximum atomic E-state index is 11.8. The zero-order valence-corrected chi connectivity index (χ0v) is 12.1. The molecule has 0 saturated heterocycles. The van der Waals surface area contributed by atoms with Crippen molar-refractivity contribution in [3.63, 3.8) is 0 Å². The summed E-state index contributed by atoms with van der Waals surface area (Å²) in [4.78, 5) is 11.8. The van der Waals surface area contributed by atoms with Gasteiger partial charge < -0.3 is 10.2 Å². The number of aliphatic hydroxyl groups is 1. The summed E-state index contributed by atoms with van der Waals surface area (Å²) in [5.74, 6) is -0.113. The molecule has 0 spiro atoms. The third-order valence-electron chi connectivity index (χ3n) is 4.73. The molecule has 1 fully saturated rings. The quantitative estimate of drug-likeness (QED) is 0.866. The minimum Gasteiger partial charge on any atom is -0.481 e. The first-order chi connectivity index (χ1) is 9.59. The van der Waals surface area contributed by atoms with Crippen LogP contribution in [0.2, 0.25) is 0 Å². The number of aliphatic hydroxyl groups excluding tert-OH is 1. The second-order valence-corrected chi connectivity index (χ2v) is 6.11. The van der Waals surface area contributed by atoms with Crippen molar-refractivity contribution < 1.29 is 15.0 Å². The number of carboxylic acid groups (broad SMARTS) is 1. The molecule has 0 bridgehead atoms. The topological polar surface area (TPSA) is 57.5 Å². The van der Waals surface area contributed by atoms with Gasteiger partial charge in [-0.05, 0) is 36.3 Å². The van der Waals surface area contributed by atoms with E-state index >= 15 is 0 Å². The van der Waals surface area contributed by atoms with Crippen LogP contribution in [-0.2, 0) is 17.8 Å². The molecule has 0 heterocycles. The van der Waals surface area contributed by atoms with Crippen LogP contribution in [0.4, 0.5) is 0 Å². The summed E-state index contributed by atoms with van der Waals surface area (Å²) in [5.41, 5.74) is 1.33. The Labute approximate surface area is 120 Å². The third kappa shape index (κ3) is 3.21. The van der Waals surface area contributed by atoms with Gasteiger partial charge in [0.1, 0.15) is 0 Å². The standard InChI is InChI=1S/C17H24O3/c1-2-13-4-3-9-17(10-13,16(19)20)11-14-5-7-15(12-18)8-6-14/h5-8,13,18H,2-4,9-12H2,1H3,(H,19,20). The van der Waals surface area contributed by atoms with Crippen molar-refractivity contribution >= 4 is 5.97 Å². The number of hydrogen-bond acceptors (Lipinski definition) is 2. The van der Waals surface area contributed by atoms with Crippen LogP contribution in [0.15, 0.2) is 24.3 Å². The third-order valence-corrected chi connectivity index (χ3v) is 4.73. The number of carboxylic acids is 1. The lowest BCUT2D eigenvalue weighted by molar-refractivity contribution is -0.152. The van der Waals surface area contributed by atoms with Gasteiger partial charge in [-0.2, -0.15) is 0 Å². The Morgan fingerprint density at radius 1 is 1.30 bits per heavy atom. The molecule has 0 radical (unpaired) electrons. The molecule has 1 aliphatic carbocycles. The molecule has 1 aromatic carbocycles. The van der Waals surface area contributed by atoms with Gasteiger partial charge in [-0.15, -0.1) is 0 Å². The molecule has 2 unspecified atom stereocenters. The van der Waals surface area contributed by atoms with E-state index in [-0.39, 0.29) is 6.61 Å². The molecular formula is C17H24O3. The Balaban J connectivity index is 2.17. The van der Waals surface area contributed by atoms with Gasteiger partial charge in [-0.3, -0.25) is 4.79 Å². The van der Waals surface area contributed by atoms with Crippen LogP contribution in [0, 0.1) is 11.3 Å². The molecule has 1 aromatic rings. The van der Waals surface area contributed by atoms with Crippen LogP contribution in [0.5, 0.6) is 0 Å². The number of rotatable bonds is 5. The van der Waals surface area contributed by atoms with E-state index in [1.54, 1.807) is 0 Å². The zero-order valence-electron chi connectivity index (χ0n) is 12.1. The van der Waals surface area contributed by atoms with E-state index < -0.39 is 11.4 Å². The second-order valence-electron chi connectivity index (χ2n) is 6.11. The van der Waals surface area contributed by atoms with Gasteiger partial charge >= 0.3 is 5.97 Å². The Bertz CT molecular complexity index is 452. The van der Waals surface area contributed by atoms with Gasteiger partial charge in [0, 0.05) is 0 Å². The van der Waals surface area contributed by atoms with Crippen LogP contribution in [0.25, 0.3) is 0 Å². The highest BCUT2D eigenvalue weighted by molar-refractivity contribution is 5.75. The van der Waals surface area contributed by atoms with E-state index in [0.29, 0.717) is 12.3 Å². The molecule has 2 atom stereocenters. The summed E-state index contributed by atoms with van der Waals surface area (Å²) >= 11 is 0. The average Bonchev–Trinajstić information content (AvgIpc) is 2.48. The Hall–Kier alpha value is -1.35. The zero-order chi connectivity index (χ0) is 14.6. The predicted octanol–water partition coefficient (Wildman–Crippen LogP) is 3.39. The smallest absolute Gasteiger partial charge is 0.309 e. The minimum atomic E-state index is -0.651. The van der Waals surface area contributed by atoms with E-state index in [1.165, 1.54) is 0 Å². The Morgan fingerprint density at radius 3 is 2.50 bits per heavy atom. The van der Waals surface area contributed by atoms with Crippen LogP contribution in [-0.4, -0.2) is 16.2 Å². The number of aliphatic carboxylic acids is 1. The van der Waals surface area contributed by atoms with Gasteiger partial charge in [0.05, 0.1) is 12.0 Å². The maximum Gasteiger partial charge on any atom is 0.309 e. The molecular weight excluding hydrogens is 252 g/mol. The summed E-state index contributed by atoms with van der Waals surface area (Å²) < 4.78 is 0. The van der Waals surface area contributed by atoms with Crippen LogP contribution >= 0.6 is 0 Å². The fourth-order valence-electron chi connectivity index (χ4n) is 3.42. The summed E-state index contributed by atoms with van der Waals surface area (Å²) in [5, 5.41) is 18.8. The van der Waals surface area contributed by atoms with Crippen molar-refractivity contribution in [3.05, 3.63) is 35.4 Å². The molecule has 3 nitrogen and oxygen atoms in total.